The number of carbonyl (C=O) groups is 2. The highest BCUT2D eigenvalue weighted by molar-refractivity contribution is 7.89. The third-order valence-corrected chi connectivity index (χ3v) is 8.07. The van der Waals surface area contributed by atoms with Crippen molar-refractivity contribution in [3.05, 3.63) is 40.9 Å². The van der Waals surface area contributed by atoms with Crippen molar-refractivity contribution >= 4 is 44.8 Å². The summed E-state index contributed by atoms with van der Waals surface area (Å²) in [7, 11) is -2.52. The van der Waals surface area contributed by atoms with Crippen molar-refractivity contribution < 1.29 is 27.5 Å². The first-order valence-corrected chi connectivity index (χ1v) is 12.2. The smallest absolute Gasteiger partial charge is 0.265 e. The van der Waals surface area contributed by atoms with Gasteiger partial charge in [-0.3, -0.25) is 9.59 Å². The maximum absolute atomic E-state index is 13.6. The topological polar surface area (TPSA) is 114 Å². The molecule has 0 aliphatic carbocycles. The number of nitrogens with zero attached hydrogens (tertiary/aromatic N) is 1. The molecule has 11 heteroatoms. The lowest BCUT2D eigenvalue weighted by molar-refractivity contribution is -0.122. The van der Waals surface area contributed by atoms with E-state index in [-0.39, 0.29) is 23.1 Å². The molecule has 0 radical (unpaired) electrons. The van der Waals surface area contributed by atoms with E-state index < -0.39 is 28.1 Å². The number of methoxy groups -OCH3 is 1. The minimum Gasteiger partial charge on any atom is -0.495 e. The number of nitrogens with one attached hydrogen (secondary N) is 2. The lowest BCUT2D eigenvalue weighted by Gasteiger charge is -2.27. The van der Waals surface area contributed by atoms with Crippen LogP contribution in [0.3, 0.4) is 0 Å². The van der Waals surface area contributed by atoms with E-state index in [1.807, 2.05) is 0 Å². The van der Waals surface area contributed by atoms with E-state index in [1.165, 1.54) is 17.5 Å². The summed E-state index contributed by atoms with van der Waals surface area (Å²) in [6.45, 7) is 3.44. The van der Waals surface area contributed by atoms with Crippen molar-refractivity contribution in [2.24, 2.45) is 0 Å². The van der Waals surface area contributed by atoms with Gasteiger partial charge in [-0.05, 0) is 56.5 Å². The molecule has 2 aliphatic rings. The third kappa shape index (κ3) is 4.38. The normalized spacial score (nSPS) is 20.5. The van der Waals surface area contributed by atoms with Gasteiger partial charge in [0.2, 0.25) is 15.9 Å². The van der Waals surface area contributed by atoms with Gasteiger partial charge in [0.15, 0.2) is 6.10 Å². The zero-order valence-electron chi connectivity index (χ0n) is 18.3. The molecule has 2 amide bonds. The second kappa shape index (κ2) is 8.85. The molecule has 0 bridgehead atoms. The highest BCUT2D eigenvalue weighted by atomic mass is 35.5. The molecular formula is C22H24ClN3O6S. The third-order valence-electron chi connectivity index (χ3n) is 5.72. The molecule has 2 N–H and O–H groups in total. The molecule has 2 aromatic carbocycles. The van der Waals surface area contributed by atoms with E-state index in [1.54, 1.807) is 38.1 Å². The first-order valence-electron chi connectivity index (χ1n) is 10.4. The summed E-state index contributed by atoms with van der Waals surface area (Å²) in [4.78, 5) is 24.9. The Balaban J connectivity index is 1.60. The summed E-state index contributed by atoms with van der Waals surface area (Å²) in [5.74, 6) is 0.00664. The van der Waals surface area contributed by atoms with Gasteiger partial charge in [-0.15, -0.1) is 0 Å². The quantitative estimate of drug-likeness (QED) is 0.661. The highest BCUT2D eigenvalue weighted by Gasteiger charge is 2.41. The number of ether oxygens (including phenoxy) is 2. The van der Waals surface area contributed by atoms with Gasteiger partial charge in [0.25, 0.3) is 5.91 Å². The lowest BCUT2D eigenvalue weighted by Crippen LogP contribution is -2.43. The van der Waals surface area contributed by atoms with Gasteiger partial charge in [-0.1, -0.05) is 11.6 Å². The summed E-state index contributed by atoms with van der Waals surface area (Å²) in [6.07, 6.45) is 0.203. The highest BCUT2D eigenvalue weighted by Crippen LogP contribution is 2.37. The van der Waals surface area contributed by atoms with Crippen LogP contribution in [0.4, 0.5) is 11.4 Å². The van der Waals surface area contributed by atoms with Gasteiger partial charge >= 0.3 is 0 Å². The minimum atomic E-state index is -4.01. The number of amides is 2. The molecule has 2 aliphatic heterocycles. The predicted octanol–water partition coefficient (Wildman–Crippen LogP) is 3.17. The maximum atomic E-state index is 13.6. The second-order valence-electron chi connectivity index (χ2n) is 7.98. The SMILES string of the molecule is COc1ccc(NC(=O)[C@@H]2CCCN2S(=O)(=O)c2cc3c(cc2C)NC(=O)[C@@H](C)O3)cc1Cl. The van der Waals surface area contributed by atoms with Crippen LogP contribution < -0.4 is 20.1 Å². The van der Waals surface area contributed by atoms with Gasteiger partial charge in [0, 0.05) is 18.3 Å². The number of rotatable bonds is 5. The molecule has 0 aromatic heterocycles. The molecule has 9 nitrogen and oxygen atoms in total. The molecular weight excluding hydrogens is 470 g/mol. The minimum absolute atomic E-state index is 0.0387. The second-order valence-corrected chi connectivity index (χ2v) is 10.2. The summed E-state index contributed by atoms with van der Waals surface area (Å²) < 4.78 is 39.0. The first kappa shape index (κ1) is 23.3. The van der Waals surface area contributed by atoms with E-state index >= 15 is 0 Å². The van der Waals surface area contributed by atoms with Crippen molar-refractivity contribution in [2.45, 2.75) is 43.7 Å². The Kier molecular flexibility index (Phi) is 6.26. The van der Waals surface area contributed by atoms with Crippen molar-refractivity contribution in [2.75, 3.05) is 24.3 Å². The molecule has 1 fully saturated rings. The molecule has 0 unspecified atom stereocenters. The number of aryl methyl sites for hydroxylation is 1. The van der Waals surface area contributed by atoms with E-state index in [4.69, 9.17) is 21.1 Å². The Morgan fingerprint density at radius 1 is 1.30 bits per heavy atom. The average molecular weight is 494 g/mol. The van der Waals surface area contributed by atoms with Gasteiger partial charge < -0.3 is 20.1 Å². The lowest BCUT2D eigenvalue weighted by atomic mass is 10.1. The number of sulfonamides is 1. The van der Waals surface area contributed by atoms with Crippen LogP contribution in [-0.4, -0.2) is 50.3 Å². The van der Waals surface area contributed by atoms with Crippen LogP contribution in [0.2, 0.25) is 5.02 Å². The first-order chi connectivity index (χ1) is 15.6. The number of carbonyl (C=O) groups excluding carboxylic acids is 2. The molecule has 0 saturated carbocycles. The van der Waals surface area contributed by atoms with Crippen LogP contribution in [0.25, 0.3) is 0 Å². The van der Waals surface area contributed by atoms with Crippen LogP contribution in [-0.2, 0) is 19.6 Å². The van der Waals surface area contributed by atoms with Crippen molar-refractivity contribution in [3.8, 4) is 11.5 Å². The Labute approximate surface area is 197 Å². The van der Waals surface area contributed by atoms with Crippen molar-refractivity contribution in [1.82, 2.24) is 4.31 Å². The summed E-state index contributed by atoms with van der Waals surface area (Å²) in [6, 6.07) is 6.91. The van der Waals surface area contributed by atoms with Gasteiger partial charge in [-0.2, -0.15) is 4.31 Å². The molecule has 33 heavy (non-hydrogen) atoms. The summed E-state index contributed by atoms with van der Waals surface area (Å²) in [5, 5.41) is 5.79. The Morgan fingerprint density at radius 3 is 2.76 bits per heavy atom. The average Bonchev–Trinajstić information content (AvgIpc) is 3.26. The fraction of sp³-hybridized carbons (Fsp3) is 0.364. The van der Waals surface area contributed by atoms with Gasteiger partial charge in [0.1, 0.15) is 17.5 Å². The summed E-state index contributed by atoms with van der Waals surface area (Å²) >= 11 is 6.13. The molecule has 2 heterocycles. The fourth-order valence-electron chi connectivity index (χ4n) is 4.01. The van der Waals surface area contributed by atoms with E-state index in [2.05, 4.69) is 10.6 Å². The van der Waals surface area contributed by atoms with Gasteiger partial charge in [0.05, 0.1) is 22.7 Å². The number of halogens is 1. The Morgan fingerprint density at radius 2 is 2.06 bits per heavy atom. The molecule has 4 rings (SSSR count). The van der Waals surface area contributed by atoms with Crippen LogP contribution in [0, 0.1) is 6.92 Å². The number of fused-ring (bicyclic) bond motifs is 1. The van der Waals surface area contributed by atoms with Crippen molar-refractivity contribution in [3.63, 3.8) is 0 Å². The van der Waals surface area contributed by atoms with E-state index in [9.17, 15) is 18.0 Å². The Hall–Kier alpha value is -2.82. The van der Waals surface area contributed by atoms with Crippen LogP contribution >= 0.6 is 11.6 Å². The van der Waals surface area contributed by atoms with Crippen molar-refractivity contribution in [1.29, 1.82) is 0 Å². The number of benzene rings is 2. The largest absolute Gasteiger partial charge is 0.495 e. The van der Waals surface area contributed by atoms with Crippen LogP contribution in [0.1, 0.15) is 25.3 Å². The maximum Gasteiger partial charge on any atom is 0.265 e. The molecule has 1 saturated heterocycles. The number of hydrogen-bond acceptors (Lipinski definition) is 6. The van der Waals surface area contributed by atoms with Crippen LogP contribution in [0.5, 0.6) is 11.5 Å². The monoisotopic (exact) mass is 493 g/mol. The fourth-order valence-corrected chi connectivity index (χ4v) is 6.14. The zero-order valence-corrected chi connectivity index (χ0v) is 19.9. The predicted molar refractivity (Wildman–Crippen MR) is 123 cm³/mol. The summed E-state index contributed by atoms with van der Waals surface area (Å²) in [5.41, 5.74) is 1.31. The standard InChI is InChI=1S/C22H24ClN3O6S/c1-12-9-16-19(32-13(2)21(27)25-16)11-20(12)33(29,30)26-8-4-5-17(26)22(28)24-14-6-7-18(31-3)15(23)10-14/h6-7,9-11,13,17H,4-5,8H2,1-3H3,(H,24,28)(H,25,27)/t13-,17+/m1/s1. The number of anilines is 2. The van der Waals surface area contributed by atoms with Crippen LogP contribution in [0.15, 0.2) is 35.2 Å². The molecule has 2 atom stereocenters. The molecule has 2 aromatic rings. The number of hydrogen-bond donors (Lipinski definition) is 2. The zero-order chi connectivity index (χ0) is 23.9. The molecule has 176 valence electrons. The van der Waals surface area contributed by atoms with Gasteiger partial charge in [-0.25, -0.2) is 8.42 Å². The van der Waals surface area contributed by atoms with E-state index in [0.29, 0.717) is 40.6 Å². The molecule has 0 spiro atoms. The Bertz CT molecular complexity index is 1230. The van der Waals surface area contributed by atoms with E-state index in [0.717, 1.165) is 0 Å².